The predicted octanol–water partition coefficient (Wildman–Crippen LogP) is 4.21. The van der Waals surface area contributed by atoms with Crippen molar-refractivity contribution in [3.05, 3.63) is 71.3 Å². The van der Waals surface area contributed by atoms with E-state index in [-0.39, 0.29) is 12.5 Å². The maximum absolute atomic E-state index is 13.8. The number of benzene rings is 2. The van der Waals surface area contributed by atoms with E-state index in [2.05, 4.69) is 29.2 Å². The lowest BCUT2D eigenvalue weighted by Gasteiger charge is -2.33. The number of piperidine rings is 1. The first-order valence-corrected chi connectivity index (χ1v) is 12.2. The largest absolute Gasteiger partial charge is 0.303 e. The zero-order valence-corrected chi connectivity index (χ0v) is 18.4. The van der Waals surface area contributed by atoms with Crippen LogP contribution in [0.3, 0.4) is 0 Å². The van der Waals surface area contributed by atoms with Gasteiger partial charge in [-0.05, 0) is 74.0 Å². The van der Waals surface area contributed by atoms with Gasteiger partial charge in [-0.25, -0.2) is 21.5 Å². The van der Waals surface area contributed by atoms with Gasteiger partial charge in [0.2, 0.25) is 10.0 Å². The summed E-state index contributed by atoms with van der Waals surface area (Å²) in [6.45, 7) is 2.99. The molecule has 0 bridgehead atoms. The molecule has 1 heterocycles. The SMILES string of the molecule is CN(CC(CCN1CCC(c2ccccc2)CC1)c1ccc(F)c(F)c1)S(C)(=O)=O. The summed E-state index contributed by atoms with van der Waals surface area (Å²) in [4.78, 5) is 2.38. The summed E-state index contributed by atoms with van der Waals surface area (Å²) in [5.41, 5.74) is 2.01. The molecule has 0 amide bonds. The second kappa shape index (κ2) is 9.98. The number of halogens is 2. The molecule has 4 nitrogen and oxygen atoms in total. The average molecular weight is 437 g/mol. The van der Waals surface area contributed by atoms with Gasteiger partial charge in [-0.3, -0.25) is 0 Å². The van der Waals surface area contributed by atoms with E-state index in [0.717, 1.165) is 44.8 Å². The van der Waals surface area contributed by atoms with E-state index in [1.54, 1.807) is 6.07 Å². The third-order valence-electron chi connectivity index (χ3n) is 6.11. The Labute approximate surface area is 178 Å². The molecule has 30 heavy (non-hydrogen) atoms. The van der Waals surface area contributed by atoms with Crippen molar-refractivity contribution >= 4 is 10.0 Å². The van der Waals surface area contributed by atoms with E-state index >= 15 is 0 Å². The second-order valence-electron chi connectivity index (χ2n) is 8.23. The lowest BCUT2D eigenvalue weighted by atomic mass is 9.89. The molecule has 7 heteroatoms. The molecule has 1 fully saturated rings. The van der Waals surface area contributed by atoms with E-state index in [1.165, 1.54) is 23.0 Å². The predicted molar refractivity (Wildman–Crippen MR) is 116 cm³/mol. The standard InChI is InChI=1S/C23H30F2N2O2S/c1-26(30(2,28)29)17-21(20-8-9-22(24)23(25)16-20)12-15-27-13-10-19(11-14-27)18-6-4-3-5-7-18/h3-9,16,19,21H,10-15,17H2,1-2H3. The Hall–Kier alpha value is -1.83. The van der Waals surface area contributed by atoms with Gasteiger partial charge in [0.15, 0.2) is 11.6 Å². The summed E-state index contributed by atoms with van der Waals surface area (Å²) in [7, 11) is -1.83. The second-order valence-corrected chi connectivity index (χ2v) is 10.3. The molecule has 0 radical (unpaired) electrons. The Morgan fingerprint density at radius 2 is 1.73 bits per heavy atom. The fourth-order valence-corrected chi connectivity index (χ4v) is 4.58. The molecule has 0 N–H and O–H groups in total. The van der Waals surface area contributed by atoms with E-state index in [1.807, 2.05) is 6.07 Å². The van der Waals surface area contributed by atoms with Crippen LogP contribution in [0.15, 0.2) is 48.5 Å². The van der Waals surface area contributed by atoms with Crippen LogP contribution in [0.1, 0.15) is 42.2 Å². The Kier molecular flexibility index (Phi) is 7.60. The van der Waals surface area contributed by atoms with Crippen LogP contribution in [-0.4, -0.2) is 57.1 Å². The van der Waals surface area contributed by atoms with Crippen LogP contribution in [0.25, 0.3) is 0 Å². The van der Waals surface area contributed by atoms with E-state index in [9.17, 15) is 17.2 Å². The molecule has 164 valence electrons. The summed E-state index contributed by atoms with van der Waals surface area (Å²) < 4.78 is 52.2. The van der Waals surface area contributed by atoms with Gasteiger partial charge in [0.25, 0.3) is 0 Å². The molecule has 1 unspecified atom stereocenters. The molecule has 0 spiro atoms. The molecule has 1 atom stereocenters. The number of hydrogen-bond acceptors (Lipinski definition) is 3. The zero-order chi connectivity index (χ0) is 21.7. The van der Waals surface area contributed by atoms with Crippen LogP contribution in [0.2, 0.25) is 0 Å². The van der Waals surface area contributed by atoms with Crippen molar-refractivity contribution in [2.75, 3.05) is 39.5 Å². The average Bonchev–Trinajstić information content (AvgIpc) is 2.73. The van der Waals surface area contributed by atoms with Crippen LogP contribution in [-0.2, 0) is 10.0 Å². The third kappa shape index (κ3) is 6.09. The number of hydrogen-bond donors (Lipinski definition) is 0. The van der Waals surface area contributed by atoms with E-state index in [4.69, 9.17) is 0 Å². The van der Waals surface area contributed by atoms with Gasteiger partial charge in [-0.15, -0.1) is 0 Å². The molecule has 1 saturated heterocycles. The van der Waals surface area contributed by atoms with Crippen LogP contribution in [0, 0.1) is 11.6 Å². The number of nitrogens with zero attached hydrogens (tertiary/aromatic N) is 2. The fourth-order valence-electron chi connectivity index (χ4n) is 4.13. The van der Waals surface area contributed by atoms with Crippen molar-refractivity contribution in [2.45, 2.75) is 31.1 Å². The highest BCUT2D eigenvalue weighted by molar-refractivity contribution is 7.88. The van der Waals surface area contributed by atoms with Crippen LogP contribution in [0.5, 0.6) is 0 Å². The smallest absolute Gasteiger partial charge is 0.210 e. The number of likely N-dealkylation sites (tertiary alicyclic amines) is 1. The minimum Gasteiger partial charge on any atom is -0.303 e. The Morgan fingerprint density at radius 1 is 1.07 bits per heavy atom. The highest BCUT2D eigenvalue weighted by atomic mass is 32.2. The maximum atomic E-state index is 13.8. The van der Waals surface area contributed by atoms with Gasteiger partial charge in [-0.1, -0.05) is 36.4 Å². The molecule has 0 aliphatic carbocycles. The van der Waals surface area contributed by atoms with Gasteiger partial charge in [0, 0.05) is 13.6 Å². The molecule has 2 aromatic carbocycles. The van der Waals surface area contributed by atoms with Gasteiger partial charge in [0.1, 0.15) is 0 Å². The molecular weight excluding hydrogens is 406 g/mol. The van der Waals surface area contributed by atoms with Gasteiger partial charge in [-0.2, -0.15) is 0 Å². The Bertz CT molecular complexity index is 929. The summed E-state index contributed by atoms with van der Waals surface area (Å²) in [5.74, 6) is -1.42. The number of likely N-dealkylation sites (N-methyl/N-ethyl adjacent to an activating group) is 1. The summed E-state index contributed by atoms with van der Waals surface area (Å²) in [6, 6.07) is 14.4. The van der Waals surface area contributed by atoms with Crippen molar-refractivity contribution in [2.24, 2.45) is 0 Å². The molecular formula is C23H30F2N2O2S. The summed E-state index contributed by atoms with van der Waals surface area (Å²) >= 11 is 0. The lowest BCUT2D eigenvalue weighted by molar-refractivity contribution is 0.203. The first-order chi connectivity index (χ1) is 14.2. The van der Waals surface area contributed by atoms with E-state index in [0.29, 0.717) is 17.9 Å². The molecule has 0 saturated carbocycles. The number of sulfonamides is 1. The monoisotopic (exact) mass is 436 g/mol. The van der Waals surface area contributed by atoms with Gasteiger partial charge >= 0.3 is 0 Å². The third-order valence-corrected chi connectivity index (χ3v) is 7.39. The van der Waals surface area contributed by atoms with Crippen LogP contribution >= 0.6 is 0 Å². The summed E-state index contributed by atoms with van der Waals surface area (Å²) in [6.07, 6.45) is 4.01. The quantitative estimate of drug-likeness (QED) is 0.623. The Morgan fingerprint density at radius 3 is 2.33 bits per heavy atom. The van der Waals surface area contributed by atoms with Crippen molar-refractivity contribution < 1.29 is 17.2 Å². The molecule has 1 aliphatic heterocycles. The van der Waals surface area contributed by atoms with Crippen molar-refractivity contribution in [1.29, 1.82) is 0 Å². The lowest BCUT2D eigenvalue weighted by Crippen LogP contribution is -2.36. The molecule has 0 aromatic heterocycles. The first-order valence-electron chi connectivity index (χ1n) is 10.4. The van der Waals surface area contributed by atoms with Crippen molar-refractivity contribution in [1.82, 2.24) is 9.21 Å². The van der Waals surface area contributed by atoms with E-state index < -0.39 is 21.7 Å². The van der Waals surface area contributed by atoms with Crippen LogP contribution < -0.4 is 0 Å². The van der Waals surface area contributed by atoms with Crippen molar-refractivity contribution in [3.63, 3.8) is 0 Å². The maximum Gasteiger partial charge on any atom is 0.210 e. The zero-order valence-electron chi connectivity index (χ0n) is 17.6. The van der Waals surface area contributed by atoms with Crippen LogP contribution in [0.4, 0.5) is 8.78 Å². The molecule has 3 rings (SSSR count). The first kappa shape index (κ1) is 22.8. The highest BCUT2D eigenvalue weighted by Crippen LogP contribution is 2.29. The Balaban J connectivity index is 1.62. The summed E-state index contributed by atoms with van der Waals surface area (Å²) in [5, 5.41) is 0. The fraction of sp³-hybridized carbons (Fsp3) is 0.478. The normalized spacial score (nSPS) is 17.4. The van der Waals surface area contributed by atoms with Gasteiger partial charge < -0.3 is 4.90 Å². The van der Waals surface area contributed by atoms with Crippen molar-refractivity contribution in [3.8, 4) is 0 Å². The molecule has 1 aliphatic rings. The minimum atomic E-state index is -3.35. The molecule has 2 aromatic rings. The highest BCUT2D eigenvalue weighted by Gasteiger charge is 2.24. The topological polar surface area (TPSA) is 40.6 Å². The minimum absolute atomic E-state index is 0.202. The number of rotatable bonds is 8. The van der Waals surface area contributed by atoms with Gasteiger partial charge in [0.05, 0.1) is 6.26 Å².